The van der Waals surface area contributed by atoms with Crippen molar-refractivity contribution in [3.05, 3.63) is 0 Å². The molecule has 3 heteroatoms. The number of nitrogens with one attached hydrogen (secondary N) is 1. The lowest BCUT2D eigenvalue weighted by Crippen LogP contribution is -2.37. The van der Waals surface area contributed by atoms with Gasteiger partial charge in [-0.25, -0.2) is 0 Å². The fourth-order valence-corrected chi connectivity index (χ4v) is 3.86. The van der Waals surface area contributed by atoms with Gasteiger partial charge in [0, 0.05) is 24.4 Å². The van der Waals surface area contributed by atoms with Crippen LogP contribution in [0.15, 0.2) is 0 Å². The van der Waals surface area contributed by atoms with Crippen LogP contribution < -0.4 is 5.32 Å². The van der Waals surface area contributed by atoms with E-state index in [9.17, 15) is 0 Å². The zero-order valence-electron chi connectivity index (χ0n) is 9.71. The van der Waals surface area contributed by atoms with Crippen molar-refractivity contribution in [3.8, 4) is 0 Å². The maximum absolute atomic E-state index is 5.40. The predicted molar refractivity (Wildman–Crippen MR) is 66.5 cm³/mol. The van der Waals surface area contributed by atoms with Crippen LogP contribution >= 0.6 is 11.8 Å². The van der Waals surface area contributed by atoms with Crippen molar-refractivity contribution >= 4 is 11.8 Å². The molecule has 2 nitrogen and oxygen atoms in total. The lowest BCUT2D eigenvalue weighted by molar-refractivity contribution is 0.184. The Kier molecular flexibility index (Phi) is 4.79. The number of ether oxygens (including phenoxy) is 1. The number of hydrogen-bond donors (Lipinski definition) is 1. The highest BCUT2D eigenvalue weighted by atomic mass is 32.2. The van der Waals surface area contributed by atoms with E-state index in [0.29, 0.717) is 0 Å². The molecule has 1 heterocycles. The molecule has 1 saturated carbocycles. The molecule has 0 aromatic carbocycles. The highest BCUT2D eigenvalue weighted by molar-refractivity contribution is 7.99. The SMILES string of the molecule is CCS[C@@H]1CCC[C@H]1NC[C@H]1CCOC1. The van der Waals surface area contributed by atoms with E-state index in [2.05, 4.69) is 24.0 Å². The third-order valence-electron chi connectivity index (χ3n) is 3.53. The van der Waals surface area contributed by atoms with Gasteiger partial charge >= 0.3 is 0 Å². The van der Waals surface area contributed by atoms with Crippen LogP contribution in [0.1, 0.15) is 32.6 Å². The Morgan fingerprint density at radius 3 is 3.00 bits per heavy atom. The Balaban J connectivity index is 1.68. The van der Waals surface area contributed by atoms with Gasteiger partial charge < -0.3 is 10.1 Å². The molecule has 1 aliphatic heterocycles. The van der Waals surface area contributed by atoms with E-state index in [0.717, 1.165) is 30.4 Å². The standard InChI is InChI=1S/C12H23NOS/c1-2-15-12-5-3-4-11(12)13-8-10-6-7-14-9-10/h10-13H,2-9H2,1H3/t10-,11-,12-/m1/s1. The van der Waals surface area contributed by atoms with E-state index in [-0.39, 0.29) is 0 Å². The zero-order chi connectivity index (χ0) is 10.5. The molecule has 1 N–H and O–H groups in total. The molecule has 2 fully saturated rings. The second kappa shape index (κ2) is 6.12. The molecule has 0 aromatic rings. The van der Waals surface area contributed by atoms with E-state index in [1.54, 1.807) is 0 Å². The summed E-state index contributed by atoms with van der Waals surface area (Å²) in [5.74, 6) is 2.04. The van der Waals surface area contributed by atoms with Gasteiger partial charge in [0.15, 0.2) is 0 Å². The van der Waals surface area contributed by atoms with E-state index in [1.807, 2.05) is 0 Å². The molecule has 15 heavy (non-hydrogen) atoms. The van der Waals surface area contributed by atoms with Crippen LogP contribution in [0.25, 0.3) is 0 Å². The first kappa shape index (κ1) is 11.7. The van der Waals surface area contributed by atoms with Gasteiger partial charge in [-0.2, -0.15) is 11.8 Å². The van der Waals surface area contributed by atoms with Crippen molar-refractivity contribution < 1.29 is 4.74 Å². The van der Waals surface area contributed by atoms with Crippen LogP contribution in [0.5, 0.6) is 0 Å². The average molecular weight is 229 g/mol. The molecule has 3 atom stereocenters. The van der Waals surface area contributed by atoms with Gasteiger partial charge in [0.25, 0.3) is 0 Å². The Morgan fingerprint density at radius 2 is 2.27 bits per heavy atom. The minimum atomic E-state index is 0.774. The van der Waals surface area contributed by atoms with Gasteiger partial charge in [0.05, 0.1) is 6.61 Å². The third kappa shape index (κ3) is 3.36. The van der Waals surface area contributed by atoms with Gasteiger partial charge in [-0.05, 0) is 30.9 Å². The first-order chi connectivity index (χ1) is 7.40. The second-order valence-corrected chi connectivity index (χ2v) is 6.19. The summed E-state index contributed by atoms with van der Waals surface area (Å²) in [4.78, 5) is 0. The normalized spacial score (nSPS) is 36.2. The number of thioether (sulfide) groups is 1. The molecular weight excluding hydrogens is 206 g/mol. The highest BCUT2D eigenvalue weighted by Crippen LogP contribution is 2.30. The van der Waals surface area contributed by atoms with E-state index in [1.165, 1.54) is 38.0 Å². The first-order valence-electron chi connectivity index (χ1n) is 6.33. The van der Waals surface area contributed by atoms with Gasteiger partial charge in [-0.1, -0.05) is 13.3 Å². The van der Waals surface area contributed by atoms with Crippen molar-refractivity contribution in [2.45, 2.75) is 43.9 Å². The molecule has 2 aliphatic rings. The van der Waals surface area contributed by atoms with Gasteiger partial charge in [-0.15, -0.1) is 0 Å². The summed E-state index contributed by atoms with van der Waals surface area (Å²) < 4.78 is 5.40. The monoisotopic (exact) mass is 229 g/mol. The molecule has 0 radical (unpaired) electrons. The molecule has 0 bridgehead atoms. The van der Waals surface area contributed by atoms with Crippen molar-refractivity contribution in [3.63, 3.8) is 0 Å². The topological polar surface area (TPSA) is 21.3 Å². The molecule has 1 aliphatic carbocycles. The predicted octanol–water partition coefficient (Wildman–Crippen LogP) is 2.29. The van der Waals surface area contributed by atoms with E-state index in [4.69, 9.17) is 4.74 Å². The van der Waals surface area contributed by atoms with Crippen molar-refractivity contribution in [2.75, 3.05) is 25.5 Å². The van der Waals surface area contributed by atoms with Gasteiger partial charge in [0.1, 0.15) is 0 Å². The molecule has 0 aromatic heterocycles. The molecular formula is C12H23NOS. The summed E-state index contributed by atoms with van der Waals surface area (Å²) in [5, 5.41) is 4.63. The largest absolute Gasteiger partial charge is 0.381 e. The van der Waals surface area contributed by atoms with E-state index < -0.39 is 0 Å². The third-order valence-corrected chi connectivity index (χ3v) is 4.85. The summed E-state index contributed by atoms with van der Waals surface area (Å²) in [6.45, 7) is 5.39. The number of hydrogen-bond acceptors (Lipinski definition) is 3. The van der Waals surface area contributed by atoms with Crippen molar-refractivity contribution in [1.82, 2.24) is 5.32 Å². The van der Waals surface area contributed by atoms with Crippen LogP contribution in [0.2, 0.25) is 0 Å². The smallest absolute Gasteiger partial charge is 0.0507 e. The fraction of sp³-hybridized carbons (Fsp3) is 1.00. The van der Waals surface area contributed by atoms with Crippen LogP contribution in [0.3, 0.4) is 0 Å². The Morgan fingerprint density at radius 1 is 1.33 bits per heavy atom. The van der Waals surface area contributed by atoms with Crippen LogP contribution in [-0.4, -0.2) is 36.8 Å². The maximum Gasteiger partial charge on any atom is 0.0507 e. The minimum absolute atomic E-state index is 0.774. The Bertz CT molecular complexity index is 182. The number of rotatable bonds is 5. The van der Waals surface area contributed by atoms with Gasteiger partial charge in [-0.3, -0.25) is 0 Å². The second-order valence-electron chi connectivity index (χ2n) is 4.67. The summed E-state index contributed by atoms with van der Waals surface area (Å²) in [5.41, 5.74) is 0. The molecule has 2 rings (SSSR count). The maximum atomic E-state index is 5.40. The zero-order valence-corrected chi connectivity index (χ0v) is 10.5. The summed E-state index contributed by atoms with van der Waals surface area (Å²) in [6, 6.07) is 0.774. The molecule has 0 unspecified atom stereocenters. The summed E-state index contributed by atoms with van der Waals surface area (Å²) in [7, 11) is 0. The summed E-state index contributed by atoms with van der Waals surface area (Å²) >= 11 is 2.14. The highest BCUT2D eigenvalue weighted by Gasteiger charge is 2.27. The van der Waals surface area contributed by atoms with Crippen LogP contribution in [0, 0.1) is 5.92 Å². The Hall–Kier alpha value is 0.270. The minimum Gasteiger partial charge on any atom is -0.381 e. The molecule has 1 saturated heterocycles. The molecule has 0 spiro atoms. The quantitative estimate of drug-likeness (QED) is 0.781. The fourth-order valence-electron chi connectivity index (χ4n) is 2.64. The van der Waals surface area contributed by atoms with Crippen molar-refractivity contribution in [2.24, 2.45) is 5.92 Å². The Labute approximate surface area is 97.5 Å². The first-order valence-corrected chi connectivity index (χ1v) is 7.37. The average Bonchev–Trinajstić information content (AvgIpc) is 2.85. The van der Waals surface area contributed by atoms with Crippen molar-refractivity contribution in [1.29, 1.82) is 0 Å². The lowest BCUT2D eigenvalue weighted by Gasteiger charge is -2.21. The van der Waals surface area contributed by atoms with E-state index >= 15 is 0 Å². The van der Waals surface area contributed by atoms with Crippen LogP contribution in [0.4, 0.5) is 0 Å². The van der Waals surface area contributed by atoms with Gasteiger partial charge in [0.2, 0.25) is 0 Å². The molecule has 0 amide bonds. The summed E-state index contributed by atoms with van der Waals surface area (Å²) in [6.07, 6.45) is 5.46. The lowest BCUT2D eigenvalue weighted by atomic mass is 10.1. The van der Waals surface area contributed by atoms with Crippen LogP contribution in [-0.2, 0) is 4.74 Å². The molecule has 88 valence electrons.